The third-order valence-electron chi connectivity index (χ3n) is 3.25. The molecular formula is C17H13FNO+. The van der Waals surface area contributed by atoms with Gasteiger partial charge in [-0.2, -0.15) is 4.57 Å². The zero-order valence-electron chi connectivity index (χ0n) is 10.8. The maximum atomic E-state index is 13.2. The minimum Gasteiger partial charge on any atom is -0.287 e. The largest absolute Gasteiger partial charge is 0.287 e. The number of nitrogens with zero attached hydrogens (tertiary/aromatic N) is 1. The summed E-state index contributed by atoms with van der Waals surface area (Å²) in [5.74, 6) is -0.239. The molecule has 0 aliphatic carbocycles. The second-order valence-electron chi connectivity index (χ2n) is 4.63. The van der Waals surface area contributed by atoms with Gasteiger partial charge in [-0.05, 0) is 18.2 Å². The first kappa shape index (κ1) is 12.5. The molecule has 0 radical (unpaired) electrons. The molecule has 2 nitrogen and oxygen atoms in total. The lowest BCUT2D eigenvalue weighted by Crippen LogP contribution is -2.38. The molecule has 20 heavy (non-hydrogen) atoms. The Hall–Kier alpha value is -2.55. The van der Waals surface area contributed by atoms with E-state index in [9.17, 15) is 9.18 Å². The normalized spacial score (nSPS) is 10.7. The maximum Gasteiger partial charge on any atom is 0.227 e. The Bertz CT molecular complexity index is 768. The molecule has 98 valence electrons. The number of benzene rings is 2. The average molecular weight is 266 g/mol. The molecule has 1 aromatic heterocycles. The van der Waals surface area contributed by atoms with Crippen molar-refractivity contribution in [3.8, 4) is 0 Å². The van der Waals surface area contributed by atoms with Crippen LogP contribution in [-0.4, -0.2) is 5.78 Å². The number of rotatable bonds is 3. The summed E-state index contributed by atoms with van der Waals surface area (Å²) in [7, 11) is 0. The second-order valence-corrected chi connectivity index (χ2v) is 4.63. The van der Waals surface area contributed by atoms with Gasteiger partial charge in [0, 0.05) is 23.1 Å². The highest BCUT2D eigenvalue weighted by atomic mass is 19.1. The molecule has 0 saturated carbocycles. The van der Waals surface area contributed by atoms with Crippen LogP contribution in [0.5, 0.6) is 0 Å². The molecule has 0 atom stereocenters. The lowest BCUT2D eigenvalue weighted by Gasteiger charge is -2.01. The van der Waals surface area contributed by atoms with Crippen molar-refractivity contribution in [1.82, 2.24) is 0 Å². The average Bonchev–Trinajstić information content (AvgIpc) is 2.48. The molecule has 0 fully saturated rings. The smallest absolute Gasteiger partial charge is 0.227 e. The number of hydrogen-bond acceptors (Lipinski definition) is 1. The Morgan fingerprint density at radius 2 is 1.80 bits per heavy atom. The summed E-state index contributed by atoms with van der Waals surface area (Å²) in [5.41, 5.74) is 1.53. The van der Waals surface area contributed by atoms with Crippen LogP contribution in [0, 0.1) is 5.82 Å². The van der Waals surface area contributed by atoms with Gasteiger partial charge in [0.1, 0.15) is 5.82 Å². The summed E-state index contributed by atoms with van der Waals surface area (Å²) in [6, 6.07) is 17.4. The van der Waals surface area contributed by atoms with Crippen molar-refractivity contribution in [1.29, 1.82) is 0 Å². The molecule has 3 rings (SSSR count). The zero-order valence-corrected chi connectivity index (χ0v) is 10.8. The van der Waals surface area contributed by atoms with Crippen LogP contribution in [-0.2, 0) is 6.54 Å². The van der Waals surface area contributed by atoms with E-state index in [0.29, 0.717) is 5.56 Å². The Balaban J connectivity index is 1.97. The molecule has 3 aromatic rings. The highest BCUT2D eigenvalue weighted by Crippen LogP contribution is 2.11. The lowest BCUT2D eigenvalue weighted by atomic mass is 10.1. The molecule has 0 N–H and O–H groups in total. The fourth-order valence-corrected chi connectivity index (χ4v) is 2.26. The number of carbonyl (C=O) groups excluding carboxylic acids is 1. The highest BCUT2D eigenvalue weighted by molar-refractivity contribution is 5.95. The van der Waals surface area contributed by atoms with Crippen LogP contribution in [0.15, 0.2) is 66.9 Å². The van der Waals surface area contributed by atoms with Crippen molar-refractivity contribution in [3.63, 3.8) is 0 Å². The number of hydrogen-bond donors (Lipinski definition) is 0. The summed E-state index contributed by atoms with van der Waals surface area (Å²) in [4.78, 5) is 12.2. The topological polar surface area (TPSA) is 20.9 Å². The number of fused-ring (bicyclic) bond motifs is 1. The van der Waals surface area contributed by atoms with E-state index < -0.39 is 0 Å². The predicted molar refractivity (Wildman–Crippen MR) is 74.9 cm³/mol. The zero-order chi connectivity index (χ0) is 13.9. The molecule has 3 heteroatoms. The molecule has 0 aliphatic heterocycles. The Labute approximate surface area is 116 Å². The highest BCUT2D eigenvalue weighted by Gasteiger charge is 2.15. The Morgan fingerprint density at radius 3 is 2.60 bits per heavy atom. The van der Waals surface area contributed by atoms with Crippen LogP contribution in [0.3, 0.4) is 0 Å². The first-order valence-corrected chi connectivity index (χ1v) is 6.40. The van der Waals surface area contributed by atoms with E-state index in [2.05, 4.69) is 0 Å². The fraction of sp³-hybridized carbons (Fsp3) is 0.0588. The number of Topliss-reactive ketones (excluding diaryl/α,β-unsaturated/α-hetero) is 1. The van der Waals surface area contributed by atoms with Gasteiger partial charge in [0.25, 0.3) is 0 Å². The summed E-state index contributed by atoms with van der Waals surface area (Å²) in [6.45, 7) is 0.243. The second kappa shape index (κ2) is 5.21. The monoisotopic (exact) mass is 266 g/mol. The van der Waals surface area contributed by atoms with Crippen LogP contribution >= 0.6 is 0 Å². The summed E-state index contributed by atoms with van der Waals surface area (Å²) in [5, 5.41) is 0.786. The van der Waals surface area contributed by atoms with Gasteiger partial charge in [0.2, 0.25) is 17.8 Å². The predicted octanol–water partition coefficient (Wildman–Crippen LogP) is 3.15. The van der Waals surface area contributed by atoms with Gasteiger partial charge >= 0.3 is 0 Å². The quantitative estimate of drug-likeness (QED) is 0.527. The lowest BCUT2D eigenvalue weighted by molar-refractivity contribution is -0.657. The van der Waals surface area contributed by atoms with E-state index in [0.717, 1.165) is 10.9 Å². The fourth-order valence-electron chi connectivity index (χ4n) is 2.26. The van der Waals surface area contributed by atoms with Gasteiger partial charge in [-0.15, -0.1) is 0 Å². The molecule has 0 spiro atoms. The SMILES string of the molecule is O=C(C[n+]1cccc2cc(F)ccc21)c1ccccc1. The number of pyridine rings is 1. The van der Waals surface area contributed by atoms with Crippen LogP contribution in [0.1, 0.15) is 10.4 Å². The van der Waals surface area contributed by atoms with Crippen LogP contribution < -0.4 is 4.57 Å². The maximum absolute atomic E-state index is 13.2. The first-order chi connectivity index (χ1) is 9.74. The summed E-state index contributed by atoms with van der Waals surface area (Å²) >= 11 is 0. The summed E-state index contributed by atoms with van der Waals surface area (Å²) in [6.07, 6.45) is 1.83. The summed E-state index contributed by atoms with van der Waals surface area (Å²) < 4.78 is 15.1. The minimum atomic E-state index is -0.273. The van der Waals surface area contributed by atoms with Gasteiger partial charge < -0.3 is 0 Å². The number of halogens is 1. The van der Waals surface area contributed by atoms with Crippen molar-refractivity contribution >= 4 is 16.7 Å². The number of ketones is 1. The Morgan fingerprint density at radius 1 is 1.00 bits per heavy atom. The molecule has 0 unspecified atom stereocenters. The van der Waals surface area contributed by atoms with Crippen molar-refractivity contribution < 1.29 is 13.8 Å². The third-order valence-corrected chi connectivity index (χ3v) is 3.25. The van der Waals surface area contributed by atoms with E-state index in [1.807, 2.05) is 41.1 Å². The molecule has 1 heterocycles. The third kappa shape index (κ3) is 2.43. The first-order valence-electron chi connectivity index (χ1n) is 6.40. The molecule has 0 bridgehead atoms. The van der Waals surface area contributed by atoms with Crippen molar-refractivity contribution in [2.24, 2.45) is 0 Å². The van der Waals surface area contributed by atoms with Crippen molar-refractivity contribution in [3.05, 3.63) is 78.2 Å². The molecule has 2 aromatic carbocycles. The number of aromatic nitrogens is 1. The minimum absolute atomic E-state index is 0.0347. The van der Waals surface area contributed by atoms with Gasteiger partial charge in [-0.1, -0.05) is 30.3 Å². The number of carbonyl (C=O) groups is 1. The van der Waals surface area contributed by atoms with Crippen LogP contribution in [0.25, 0.3) is 10.9 Å². The van der Waals surface area contributed by atoms with E-state index in [4.69, 9.17) is 0 Å². The molecule has 0 saturated heterocycles. The van der Waals surface area contributed by atoms with E-state index >= 15 is 0 Å². The van der Waals surface area contributed by atoms with E-state index in [-0.39, 0.29) is 18.1 Å². The van der Waals surface area contributed by atoms with Gasteiger partial charge in [-0.3, -0.25) is 4.79 Å². The van der Waals surface area contributed by atoms with Gasteiger partial charge in [-0.25, -0.2) is 4.39 Å². The van der Waals surface area contributed by atoms with E-state index in [1.165, 1.54) is 12.1 Å². The molecule has 0 amide bonds. The Kier molecular flexibility index (Phi) is 3.25. The van der Waals surface area contributed by atoms with Crippen LogP contribution in [0.2, 0.25) is 0 Å². The van der Waals surface area contributed by atoms with Gasteiger partial charge in [0.15, 0.2) is 6.20 Å². The molecule has 0 aliphatic rings. The molecular weight excluding hydrogens is 253 g/mol. The van der Waals surface area contributed by atoms with E-state index in [1.54, 1.807) is 18.2 Å². The van der Waals surface area contributed by atoms with Crippen molar-refractivity contribution in [2.45, 2.75) is 6.54 Å². The van der Waals surface area contributed by atoms with Crippen LogP contribution in [0.4, 0.5) is 4.39 Å². The standard InChI is InChI=1S/C17H13FNO/c18-15-8-9-16-14(11-15)7-4-10-19(16)12-17(20)13-5-2-1-3-6-13/h1-11H,12H2/q+1. The van der Waals surface area contributed by atoms with Crippen molar-refractivity contribution in [2.75, 3.05) is 0 Å². The van der Waals surface area contributed by atoms with Gasteiger partial charge in [0.05, 0.1) is 0 Å².